The lowest BCUT2D eigenvalue weighted by molar-refractivity contribution is 0.0513. The van der Waals surface area contributed by atoms with Crippen LogP contribution in [0.3, 0.4) is 0 Å². The lowest BCUT2D eigenvalue weighted by Gasteiger charge is -2.33. The smallest absolute Gasteiger partial charge is 0.357 e. The van der Waals surface area contributed by atoms with Crippen LogP contribution >= 0.6 is 0 Å². The molecule has 110 valence electrons. The zero-order valence-corrected chi connectivity index (χ0v) is 12.1. The van der Waals surface area contributed by atoms with E-state index in [-0.39, 0.29) is 18.0 Å². The predicted molar refractivity (Wildman–Crippen MR) is 74.3 cm³/mol. The van der Waals surface area contributed by atoms with Crippen molar-refractivity contribution in [3.63, 3.8) is 0 Å². The van der Waals surface area contributed by atoms with Crippen molar-refractivity contribution in [2.75, 3.05) is 44.7 Å². The number of rotatable bonds is 4. The van der Waals surface area contributed by atoms with E-state index < -0.39 is 5.97 Å². The van der Waals surface area contributed by atoms with Crippen molar-refractivity contribution in [1.29, 1.82) is 0 Å². The molecule has 0 saturated carbocycles. The summed E-state index contributed by atoms with van der Waals surface area (Å²) in [6.45, 7) is 5.50. The third-order valence-electron chi connectivity index (χ3n) is 3.47. The van der Waals surface area contributed by atoms with Gasteiger partial charge in [0.15, 0.2) is 12.0 Å². The monoisotopic (exact) mass is 280 g/mol. The van der Waals surface area contributed by atoms with Gasteiger partial charge in [0.05, 0.1) is 6.61 Å². The Balaban J connectivity index is 2.31. The molecule has 0 atom stereocenters. The van der Waals surface area contributed by atoms with Gasteiger partial charge in [-0.25, -0.2) is 9.78 Å². The van der Waals surface area contributed by atoms with E-state index >= 15 is 0 Å². The van der Waals surface area contributed by atoms with Crippen molar-refractivity contribution >= 4 is 18.2 Å². The van der Waals surface area contributed by atoms with E-state index in [0.717, 1.165) is 26.2 Å². The van der Waals surface area contributed by atoms with Crippen LogP contribution in [0, 0.1) is 0 Å². The minimum absolute atomic E-state index is 0.139. The van der Waals surface area contributed by atoms with Crippen LogP contribution in [0.2, 0.25) is 0 Å². The number of piperazine rings is 1. The second-order valence-corrected chi connectivity index (χ2v) is 4.83. The first kappa shape index (κ1) is 14.5. The van der Waals surface area contributed by atoms with Crippen molar-refractivity contribution < 1.29 is 14.3 Å². The average molecular weight is 280 g/mol. The Hall–Kier alpha value is -1.89. The maximum atomic E-state index is 11.9. The van der Waals surface area contributed by atoms with Gasteiger partial charge in [0, 0.05) is 33.2 Å². The van der Waals surface area contributed by atoms with E-state index in [2.05, 4.69) is 21.8 Å². The highest BCUT2D eigenvalue weighted by atomic mass is 16.5. The maximum Gasteiger partial charge on any atom is 0.357 e. The Labute approximate surface area is 118 Å². The number of imidazole rings is 1. The SMILES string of the molecule is CCOC(=O)c1c(C=O)nc(N2CCN(C)CC2)n1C. The molecule has 0 spiro atoms. The van der Waals surface area contributed by atoms with E-state index in [1.165, 1.54) is 0 Å². The largest absolute Gasteiger partial charge is 0.461 e. The van der Waals surface area contributed by atoms with Crippen LogP contribution in [0.25, 0.3) is 0 Å². The number of nitrogens with zero attached hydrogens (tertiary/aromatic N) is 4. The summed E-state index contributed by atoms with van der Waals surface area (Å²) in [5, 5.41) is 0. The molecule has 2 heterocycles. The fraction of sp³-hybridized carbons (Fsp3) is 0.615. The third kappa shape index (κ3) is 2.67. The zero-order chi connectivity index (χ0) is 14.7. The minimum Gasteiger partial charge on any atom is -0.461 e. The van der Waals surface area contributed by atoms with Crippen LogP contribution in [-0.2, 0) is 11.8 Å². The van der Waals surface area contributed by atoms with Gasteiger partial charge in [-0.05, 0) is 14.0 Å². The van der Waals surface area contributed by atoms with Crippen LogP contribution in [0.5, 0.6) is 0 Å². The van der Waals surface area contributed by atoms with Gasteiger partial charge in [-0.15, -0.1) is 0 Å². The summed E-state index contributed by atoms with van der Waals surface area (Å²) >= 11 is 0. The van der Waals surface area contributed by atoms with Crippen LogP contribution in [0.4, 0.5) is 5.95 Å². The number of likely N-dealkylation sites (N-methyl/N-ethyl adjacent to an activating group) is 1. The van der Waals surface area contributed by atoms with Crippen LogP contribution < -0.4 is 4.90 Å². The van der Waals surface area contributed by atoms with Gasteiger partial charge in [-0.2, -0.15) is 0 Å². The first-order valence-corrected chi connectivity index (χ1v) is 6.71. The molecule has 0 N–H and O–H groups in total. The minimum atomic E-state index is -0.509. The number of carbonyl (C=O) groups is 2. The first-order chi connectivity index (χ1) is 9.58. The van der Waals surface area contributed by atoms with Gasteiger partial charge in [0.25, 0.3) is 0 Å². The Morgan fingerprint density at radius 3 is 2.50 bits per heavy atom. The van der Waals surface area contributed by atoms with Crippen molar-refractivity contribution in [2.45, 2.75) is 6.92 Å². The average Bonchev–Trinajstić information content (AvgIpc) is 2.77. The molecular weight excluding hydrogens is 260 g/mol. The summed E-state index contributed by atoms with van der Waals surface area (Å²) in [4.78, 5) is 31.6. The molecular formula is C13H20N4O3. The molecule has 1 saturated heterocycles. The number of aldehydes is 1. The molecule has 1 fully saturated rings. The first-order valence-electron chi connectivity index (χ1n) is 6.71. The van der Waals surface area contributed by atoms with Crippen LogP contribution in [0.1, 0.15) is 27.9 Å². The van der Waals surface area contributed by atoms with Gasteiger partial charge >= 0.3 is 5.97 Å². The van der Waals surface area contributed by atoms with Crippen molar-refractivity contribution in [3.05, 3.63) is 11.4 Å². The van der Waals surface area contributed by atoms with Gasteiger partial charge < -0.3 is 19.1 Å². The number of aromatic nitrogens is 2. The number of hydrogen-bond donors (Lipinski definition) is 0. The summed E-state index contributed by atoms with van der Waals surface area (Å²) in [5.41, 5.74) is 0.357. The topological polar surface area (TPSA) is 67.7 Å². The Morgan fingerprint density at radius 1 is 1.30 bits per heavy atom. The van der Waals surface area contributed by atoms with E-state index in [9.17, 15) is 9.59 Å². The highest BCUT2D eigenvalue weighted by Gasteiger charge is 2.26. The molecule has 7 heteroatoms. The molecule has 1 aromatic heterocycles. The zero-order valence-electron chi connectivity index (χ0n) is 12.1. The molecule has 1 aliphatic heterocycles. The van der Waals surface area contributed by atoms with Crippen LogP contribution in [-0.4, -0.2) is 66.5 Å². The van der Waals surface area contributed by atoms with Crippen molar-refractivity contribution in [2.24, 2.45) is 7.05 Å². The lowest BCUT2D eigenvalue weighted by Crippen LogP contribution is -2.45. The molecule has 2 rings (SSSR count). The van der Waals surface area contributed by atoms with Gasteiger partial charge in [0.1, 0.15) is 5.69 Å². The van der Waals surface area contributed by atoms with Crippen molar-refractivity contribution in [3.8, 4) is 0 Å². The summed E-state index contributed by atoms with van der Waals surface area (Å²) < 4.78 is 6.63. The Kier molecular flexibility index (Phi) is 4.39. The van der Waals surface area contributed by atoms with Crippen LogP contribution in [0.15, 0.2) is 0 Å². The predicted octanol–water partition coefficient (Wildman–Crippen LogP) is 0.161. The maximum absolute atomic E-state index is 11.9. The molecule has 0 bridgehead atoms. The molecule has 1 aliphatic rings. The molecule has 7 nitrogen and oxygen atoms in total. The summed E-state index contributed by atoms with van der Waals surface area (Å²) in [6.07, 6.45) is 0.603. The molecule has 0 aliphatic carbocycles. The number of esters is 1. The standard InChI is InChI=1S/C13H20N4O3/c1-4-20-12(19)11-10(9-18)14-13(16(11)3)17-7-5-15(2)6-8-17/h9H,4-8H2,1-3H3. The Bertz CT molecular complexity index is 504. The molecule has 1 aromatic rings. The summed E-state index contributed by atoms with van der Waals surface area (Å²) in [5.74, 6) is 0.133. The third-order valence-corrected chi connectivity index (χ3v) is 3.47. The molecule has 0 amide bonds. The highest BCUT2D eigenvalue weighted by Crippen LogP contribution is 2.19. The molecule has 0 aromatic carbocycles. The lowest BCUT2D eigenvalue weighted by atomic mass is 10.3. The highest BCUT2D eigenvalue weighted by molar-refractivity contribution is 5.96. The number of carbonyl (C=O) groups excluding carboxylic acids is 2. The van der Waals surface area contributed by atoms with Gasteiger partial charge in [-0.3, -0.25) is 4.79 Å². The quantitative estimate of drug-likeness (QED) is 0.578. The molecule has 0 radical (unpaired) electrons. The Morgan fingerprint density at radius 2 is 1.95 bits per heavy atom. The normalized spacial score (nSPS) is 16.2. The van der Waals surface area contributed by atoms with E-state index in [0.29, 0.717) is 12.2 Å². The summed E-state index contributed by atoms with van der Waals surface area (Å²) in [6, 6.07) is 0. The number of hydrogen-bond acceptors (Lipinski definition) is 6. The van der Waals surface area contributed by atoms with E-state index in [1.54, 1.807) is 18.5 Å². The fourth-order valence-electron chi connectivity index (χ4n) is 2.32. The van der Waals surface area contributed by atoms with E-state index in [1.807, 2.05) is 0 Å². The van der Waals surface area contributed by atoms with Gasteiger partial charge in [-0.1, -0.05) is 0 Å². The van der Waals surface area contributed by atoms with Crippen molar-refractivity contribution in [1.82, 2.24) is 14.5 Å². The molecule has 20 heavy (non-hydrogen) atoms. The number of anilines is 1. The summed E-state index contributed by atoms with van der Waals surface area (Å²) in [7, 11) is 3.80. The fourth-order valence-corrected chi connectivity index (χ4v) is 2.32. The molecule has 0 unspecified atom stereocenters. The second kappa shape index (κ2) is 6.04. The van der Waals surface area contributed by atoms with Gasteiger partial charge in [0.2, 0.25) is 5.95 Å². The number of ether oxygens (including phenoxy) is 1. The second-order valence-electron chi connectivity index (χ2n) is 4.83. The van der Waals surface area contributed by atoms with E-state index in [4.69, 9.17) is 4.74 Å².